The second-order valence-corrected chi connectivity index (χ2v) is 8.19. The molecule has 0 saturated heterocycles. The number of aryl methyl sites for hydroxylation is 1. The number of methoxy groups -OCH3 is 1. The highest BCUT2D eigenvalue weighted by molar-refractivity contribution is 5.82. The number of hydrogen-bond donors (Lipinski definition) is 1. The number of nitrogens with one attached hydrogen (secondary N) is 1. The summed E-state index contributed by atoms with van der Waals surface area (Å²) < 4.78 is 5.21. The molecule has 2 aliphatic rings. The molecule has 0 saturated carbocycles. The highest BCUT2D eigenvalue weighted by Gasteiger charge is 2.37. The maximum absolute atomic E-state index is 5.21. The third-order valence-corrected chi connectivity index (χ3v) is 6.25. The lowest BCUT2D eigenvalue weighted by atomic mass is 9.76. The molecule has 1 aliphatic carbocycles. The average molecular weight is 395 g/mol. The van der Waals surface area contributed by atoms with Crippen LogP contribution in [0.4, 0.5) is 11.4 Å². The summed E-state index contributed by atoms with van der Waals surface area (Å²) in [7, 11) is 1.68. The van der Waals surface area contributed by atoms with Crippen LogP contribution < -0.4 is 10.1 Å². The fourth-order valence-electron chi connectivity index (χ4n) is 4.65. The third-order valence-electron chi connectivity index (χ3n) is 6.25. The zero-order valence-corrected chi connectivity index (χ0v) is 17.4. The number of allylic oxidation sites excluding steroid dienone is 2. The molecule has 3 heteroatoms. The van der Waals surface area contributed by atoms with Gasteiger partial charge in [-0.15, -0.1) is 0 Å². The number of aliphatic imine (C=N–C) groups is 1. The molecule has 0 radical (unpaired) electrons. The van der Waals surface area contributed by atoms with Crippen molar-refractivity contribution in [2.75, 3.05) is 12.4 Å². The highest BCUT2D eigenvalue weighted by atomic mass is 16.5. The molecule has 3 aromatic carbocycles. The summed E-state index contributed by atoms with van der Waals surface area (Å²) >= 11 is 0. The second kappa shape index (κ2) is 7.83. The first-order chi connectivity index (χ1) is 14.7. The molecule has 3 aromatic rings. The van der Waals surface area contributed by atoms with Crippen molar-refractivity contribution in [1.82, 2.24) is 0 Å². The summed E-state index contributed by atoms with van der Waals surface area (Å²) in [6.45, 7) is 2.17. The third kappa shape index (κ3) is 3.52. The quantitative estimate of drug-likeness (QED) is 0.400. The average Bonchev–Trinajstić information content (AvgIpc) is 3.28. The summed E-state index contributed by atoms with van der Waals surface area (Å²) in [5.74, 6) is 1.92. The first kappa shape index (κ1) is 18.7. The molecule has 0 fully saturated rings. The van der Waals surface area contributed by atoms with Crippen LogP contribution in [0.25, 0.3) is 0 Å². The van der Waals surface area contributed by atoms with Crippen LogP contribution in [0.15, 0.2) is 83.9 Å². The van der Waals surface area contributed by atoms with Crippen LogP contribution in [0, 0.1) is 12.8 Å². The molecule has 0 amide bonds. The van der Waals surface area contributed by atoms with E-state index in [1.165, 1.54) is 22.4 Å². The Morgan fingerprint density at radius 3 is 2.57 bits per heavy atom. The van der Waals surface area contributed by atoms with Crippen molar-refractivity contribution in [2.45, 2.75) is 25.3 Å². The lowest BCUT2D eigenvalue weighted by Crippen LogP contribution is -2.29. The molecule has 3 atom stereocenters. The van der Waals surface area contributed by atoms with Crippen molar-refractivity contribution in [2.24, 2.45) is 10.9 Å². The van der Waals surface area contributed by atoms with E-state index in [4.69, 9.17) is 4.74 Å². The lowest BCUT2D eigenvalue weighted by molar-refractivity contribution is 0.415. The molecule has 1 aliphatic heterocycles. The molecular weight excluding hydrogens is 368 g/mol. The fraction of sp³-hybridized carbons (Fsp3) is 0.222. The molecular formula is C27H26N2O. The van der Waals surface area contributed by atoms with E-state index in [0.29, 0.717) is 17.9 Å². The van der Waals surface area contributed by atoms with Gasteiger partial charge in [-0.05, 0) is 78.4 Å². The topological polar surface area (TPSA) is 33.6 Å². The monoisotopic (exact) mass is 394 g/mol. The molecule has 0 bridgehead atoms. The van der Waals surface area contributed by atoms with Crippen molar-refractivity contribution in [3.05, 3.63) is 101 Å². The Bertz CT molecular complexity index is 1100. The van der Waals surface area contributed by atoms with Gasteiger partial charge in [-0.3, -0.25) is 4.99 Å². The number of rotatable bonds is 4. The van der Waals surface area contributed by atoms with Gasteiger partial charge < -0.3 is 10.1 Å². The highest BCUT2D eigenvalue weighted by Crippen LogP contribution is 2.50. The van der Waals surface area contributed by atoms with E-state index in [0.717, 1.165) is 23.4 Å². The Hall–Kier alpha value is -3.33. The van der Waals surface area contributed by atoms with Gasteiger partial charge in [0, 0.05) is 17.8 Å². The van der Waals surface area contributed by atoms with Gasteiger partial charge in [0.1, 0.15) is 5.75 Å². The number of anilines is 1. The molecule has 0 aromatic heterocycles. The molecule has 0 spiro atoms. The van der Waals surface area contributed by atoms with Crippen LogP contribution >= 0.6 is 0 Å². The van der Waals surface area contributed by atoms with Crippen molar-refractivity contribution in [3.8, 4) is 5.75 Å². The first-order valence-corrected chi connectivity index (χ1v) is 10.5. The van der Waals surface area contributed by atoms with Gasteiger partial charge >= 0.3 is 0 Å². The minimum absolute atomic E-state index is 0.319. The molecule has 0 unspecified atom stereocenters. The lowest BCUT2D eigenvalue weighted by Gasteiger charge is -2.37. The second-order valence-electron chi connectivity index (χ2n) is 8.19. The summed E-state index contributed by atoms with van der Waals surface area (Å²) in [4.78, 5) is 4.63. The minimum Gasteiger partial charge on any atom is -0.497 e. The Morgan fingerprint density at radius 2 is 1.80 bits per heavy atom. The Balaban J connectivity index is 1.36. The van der Waals surface area contributed by atoms with Crippen LogP contribution in [-0.2, 0) is 0 Å². The zero-order valence-electron chi connectivity index (χ0n) is 17.4. The predicted molar refractivity (Wildman–Crippen MR) is 124 cm³/mol. The van der Waals surface area contributed by atoms with E-state index in [-0.39, 0.29) is 0 Å². The fourth-order valence-corrected chi connectivity index (χ4v) is 4.65. The molecule has 1 heterocycles. The van der Waals surface area contributed by atoms with Crippen LogP contribution in [0.5, 0.6) is 5.75 Å². The van der Waals surface area contributed by atoms with E-state index in [1.807, 2.05) is 30.5 Å². The van der Waals surface area contributed by atoms with E-state index < -0.39 is 0 Å². The van der Waals surface area contributed by atoms with Crippen molar-refractivity contribution >= 4 is 17.6 Å². The van der Waals surface area contributed by atoms with Gasteiger partial charge in [0.2, 0.25) is 0 Å². The van der Waals surface area contributed by atoms with Crippen LogP contribution in [0.2, 0.25) is 0 Å². The molecule has 5 rings (SSSR count). The molecule has 30 heavy (non-hydrogen) atoms. The maximum Gasteiger partial charge on any atom is 0.118 e. The summed E-state index contributed by atoms with van der Waals surface area (Å²) in [5, 5.41) is 3.81. The minimum atomic E-state index is 0.319. The molecule has 3 nitrogen and oxygen atoms in total. The first-order valence-electron chi connectivity index (χ1n) is 10.5. The smallest absolute Gasteiger partial charge is 0.118 e. The van der Waals surface area contributed by atoms with Crippen molar-refractivity contribution in [3.63, 3.8) is 0 Å². The van der Waals surface area contributed by atoms with E-state index in [9.17, 15) is 0 Å². The van der Waals surface area contributed by atoms with Crippen molar-refractivity contribution < 1.29 is 4.74 Å². The molecule has 150 valence electrons. The number of ether oxygens (including phenoxy) is 1. The van der Waals surface area contributed by atoms with Gasteiger partial charge in [-0.25, -0.2) is 0 Å². The standard InChI is InChI=1S/C27H26N2O/c1-18-6-15-26-25(16-18)23-4-3-5-24(23)27(29-26)20-9-11-21(12-10-20)28-17-19-7-13-22(30-2)14-8-19/h3-4,6-17,23-24,27,29H,5H2,1-2H3/t23-,24+,27-/m0/s1. The van der Waals surface area contributed by atoms with E-state index in [1.54, 1.807) is 7.11 Å². The number of fused-ring (bicyclic) bond motifs is 3. The normalized spacial score (nSPS) is 21.9. The maximum atomic E-state index is 5.21. The summed E-state index contributed by atoms with van der Waals surface area (Å²) in [6.07, 6.45) is 7.75. The number of benzene rings is 3. The predicted octanol–water partition coefficient (Wildman–Crippen LogP) is 6.58. The van der Waals surface area contributed by atoms with E-state index >= 15 is 0 Å². The van der Waals surface area contributed by atoms with Gasteiger partial charge in [0.25, 0.3) is 0 Å². The Kier molecular flexibility index (Phi) is 4.88. The Morgan fingerprint density at radius 1 is 1.00 bits per heavy atom. The summed E-state index contributed by atoms with van der Waals surface area (Å²) in [5.41, 5.74) is 7.37. The summed E-state index contributed by atoms with van der Waals surface area (Å²) in [6, 6.07) is 23.6. The van der Waals surface area contributed by atoms with Gasteiger partial charge in [-0.1, -0.05) is 42.0 Å². The van der Waals surface area contributed by atoms with Gasteiger partial charge in [0.15, 0.2) is 0 Å². The molecule has 1 N–H and O–H groups in total. The number of hydrogen-bond acceptors (Lipinski definition) is 3. The van der Waals surface area contributed by atoms with E-state index in [2.05, 4.69) is 71.8 Å². The van der Waals surface area contributed by atoms with Gasteiger partial charge in [0.05, 0.1) is 18.8 Å². The number of nitrogens with zero attached hydrogens (tertiary/aromatic N) is 1. The SMILES string of the molecule is COc1ccc(C=Nc2ccc([C@@H]3Nc4ccc(C)cc4[C@H]4C=CC[C@H]43)cc2)cc1. The van der Waals surface area contributed by atoms with Crippen LogP contribution in [-0.4, -0.2) is 13.3 Å². The van der Waals surface area contributed by atoms with Crippen molar-refractivity contribution in [1.29, 1.82) is 0 Å². The largest absolute Gasteiger partial charge is 0.497 e. The van der Waals surface area contributed by atoms with Crippen LogP contribution in [0.3, 0.4) is 0 Å². The van der Waals surface area contributed by atoms with Crippen LogP contribution in [0.1, 0.15) is 40.6 Å². The van der Waals surface area contributed by atoms with Gasteiger partial charge in [-0.2, -0.15) is 0 Å². The zero-order chi connectivity index (χ0) is 20.5. The Labute approximate surface area is 178 Å².